The maximum absolute atomic E-state index is 12.8. The number of thiocarbonyl (C=S) groups is 1. The lowest BCUT2D eigenvalue weighted by molar-refractivity contribution is -0.113. The van der Waals surface area contributed by atoms with Crippen LogP contribution in [0.4, 0.5) is 5.69 Å². The summed E-state index contributed by atoms with van der Waals surface area (Å²) in [5.41, 5.74) is 1.44. The van der Waals surface area contributed by atoms with Crippen LogP contribution >= 0.6 is 24.0 Å². The number of methoxy groups -OCH3 is 2. The Morgan fingerprint density at radius 1 is 1.25 bits per heavy atom. The molecule has 0 N–H and O–H groups in total. The second-order valence-electron chi connectivity index (χ2n) is 4.84. The van der Waals surface area contributed by atoms with Gasteiger partial charge in [-0.15, -0.1) is 0 Å². The van der Waals surface area contributed by atoms with E-state index in [2.05, 4.69) is 4.98 Å². The summed E-state index contributed by atoms with van der Waals surface area (Å²) >= 11 is 6.64. The first-order valence-corrected chi connectivity index (χ1v) is 8.26. The summed E-state index contributed by atoms with van der Waals surface area (Å²) in [5.74, 6) is 0.984. The predicted molar refractivity (Wildman–Crippen MR) is 99.4 cm³/mol. The van der Waals surface area contributed by atoms with E-state index in [1.165, 1.54) is 16.7 Å². The van der Waals surface area contributed by atoms with E-state index in [1.54, 1.807) is 50.9 Å². The summed E-state index contributed by atoms with van der Waals surface area (Å²) in [6.07, 6.45) is 5.16. The topological polar surface area (TPSA) is 51.7 Å². The molecule has 1 aliphatic rings. The molecule has 1 aliphatic heterocycles. The zero-order valence-electron chi connectivity index (χ0n) is 13.1. The Labute approximate surface area is 149 Å². The lowest BCUT2D eigenvalue weighted by Gasteiger charge is -2.18. The molecule has 0 unspecified atom stereocenters. The average Bonchev–Trinajstić information content (AvgIpc) is 2.89. The number of carbonyl (C=O) groups is 1. The Balaban J connectivity index is 1.97. The lowest BCUT2D eigenvalue weighted by Crippen LogP contribution is -2.27. The summed E-state index contributed by atoms with van der Waals surface area (Å²) in [6, 6.07) is 8.95. The molecule has 24 heavy (non-hydrogen) atoms. The molecule has 0 saturated carbocycles. The van der Waals surface area contributed by atoms with E-state index in [9.17, 15) is 4.79 Å². The predicted octanol–water partition coefficient (Wildman–Crippen LogP) is 3.50. The van der Waals surface area contributed by atoms with Crippen molar-refractivity contribution < 1.29 is 14.3 Å². The van der Waals surface area contributed by atoms with E-state index in [0.717, 1.165) is 5.56 Å². The number of benzene rings is 1. The standard InChI is InChI=1S/C17H14N2O3S2/c1-21-12-5-6-13(14(9-12)22-2)19-16(20)15(24-17(19)23)8-11-4-3-7-18-10-11/h3-10H,1-2H3/b15-8-. The van der Waals surface area contributed by atoms with Gasteiger partial charge in [0, 0.05) is 18.5 Å². The zero-order chi connectivity index (χ0) is 17.1. The van der Waals surface area contributed by atoms with Crippen molar-refractivity contribution in [2.45, 2.75) is 0 Å². The molecule has 122 valence electrons. The van der Waals surface area contributed by atoms with Gasteiger partial charge in [-0.3, -0.25) is 14.7 Å². The van der Waals surface area contributed by atoms with Gasteiger partial charge in [0.25, 0.3) is 5.91 Å². The number of nitrogens with zero attached hydrogens (tertiary/aromatic N) is 2. The van der Waals surface area contributed by atoms with Gasteiger partial charge in [-0.2, -0.15) is 0 Å². The van der Waals surface area contributed by atoms with Crippen molar-refractivity contribution >= 4 is 46.0 Å². The molecular formula is C17H14N2O3S2. The molecule has 1 aromatic carbocycles. The molecule has 5 nitrogen and oxygen atoms in total. The van der Waals surface area contributed by atoms with Crippen LogP contribution in [-0.2, 0) is 4.79 Å². The fraction of sp³-hybridized carbons (Fsp3) is 0.118. The largest absolute Gasteiger partial charge is 0.497 e. The number of hydrogen-bond donors (Lipinski definition) is 0. The van der Waals surface area contributed by atoms with Gasteiger partial charge in [0.1, 0.15) is 11.5 Å². The SMILES string of the molecule is COc1ccc(N2C(=O)/C(=C/c3cccnc3)SC2=S)c(OC)c1. The lowest BCUT2D eigenvalue weighted by atomic mass is 10.2. The third-order valence-electron chi connectivity index (χ3n) is 3.40. The number of thioether (sulfide) groups is 1. The molecule has 1 saturated heterocycles. The molecule has 0 atom stereocenters. The maximum Gasteiger partial charge on any atom is 0.270 e. The highest BCUT2D eigenvalue weighted by Crippen LogP contribution is 2.41. The van der Waals surface area contributed by atoms with Crippen molar-refractivity contribution in [3.63, 3.8) is 0 Å². The summed E-state index contributed by atoms with van der Waals surface area (Å²) in [5, 5.41) is 0. The fourth-order valence-corrected chi connectivity index (χ4v) is 3.54. The van der Waals surface area contributed by atoms with Gasteiger partial charge in [-0.1, -0.05) is 30.0 Å². The first kappa shape index (κ1) is 16.5. The van der Waals surface area contributed by atoms with Crippen LogP contribution in [0.15, 0.2) is 47.6 Å². The number of ether oxygens (including phenoxy) is 2. The van der Waals surface area contributed by atoms with Crippen molar-refractivity contribution in [1.29, 1.82) is 0 Å². The van der Waals surface area contributed by atoms with Crippen molar-refractivity contribution in [2.75, 3.05) is 19.1 Å². The van der Waals surface area contributed by atoms with Crippen LogP contribution in [-0.4, -0.2) is 29.4 Å². The van der Waals surface area contributed by atoms with Crippen LogP contribution in [0.25, 0.3) is 6.08 Å². The van der Waals surface area contributed by atoms with Crippen molar-refractivity contribution in [3.05, 3.63) is 53.2 Å². The van der Waals surface area contributed by atoms with Crippen LogP contribution in [0.1, 0.15) is 5.56 Å². The Morgan fingerprint density at radius 3 is 2.75 bits per heavy atom. The van der Waals surface area contributed by atoms with Crippen LogP contribution in [0.5, 0.6) is 11.5 Å². The number of hydrogen-bond acceptors (Lipinski definition) is 6. The number of carbonyl (C=O) groups excluding carboxylic acids is 1. The zero-order valence-corrected chi connectivity index (χ0v) is 14.7. The van der Waals surface area contributed by atoms with E-state index in [0.29, 0.717) is 26.4 Å². The Morgan fingerprint density at radius 2 is 2.08 bits per heavy atom. The Hall–Kier alpha value is -2.38. The first-order chi connectivity index (χ1) is 11.6. The second-order valence-corrected chi connectivity index (χ2v) is 6.52. The average molecular weight is 358 g/mol. The van der Waals surface area contributed by atoms with E-state index >= 15 is 0 Å². The maximum atomic E-state index is 12.8. The molecule has 0 aliphatic carbocycles. The van der Waals surface area contributed by atoms with Gasteiger partial charge in [-0.25, -0.2) is 0 Å². The van der Waals surface area contributed by atoms with Crippen LogP contribution in [0.2, 0.25) is 0 Å². The van der Waals surface area contributed by atoms with Gasteiger partial charge in [0.2, 0.25) is 0 Å². The third-order valence-corrected chi connectivity index (χ3v) is 4.71. The number of amides is 1. The molecule has 7 heteroatoms. The summed E-state index contributed by atoms with van der Waals surface area (Å²) in [7, 11) is 3.12. The number of pyridine rings is 1. The molecule has 2 aromatic rings. The Kier molecular flexibility index (Phi) is 4.82. The van der Waals surface area contributed by atoms with Crippen molar-refractivity contribution in [3.8, 4) is 11.5 Å². The molecule has 0 spiro atoms. The smallest absolute Gasteiger partial charge is 0.270 e. The molecular weight excluding hydrogens is 344 g/mol. The minimum Gasteiger partial charge on any atom is -0.497 e. The van der Waals surface area contributed by atoms with Gasteiger partial charge < -0.3 is 9.47 Å². The Bertz CT molecular complexity index is 822. The summed E-state index contributed by atoms with van der Waals surface area (Å²) in [6.45, 7) is 0. The van der Waals surface area contributed by atoms with Gasteiger partial charge in [0.15, 0.2) is 4.32 Å². The van der Waals surface area contributed by atoms with E-state index in [1.807, 2.05) is 12.1 Å². The molecule has 0 bridgehead atoms. The summed E-state index contributed by atoms with van der Waals surface area (Å²) in [4.78, 5) is 18.9. The fourth-order valence-electron chi connectivity index (χ4n) is 2.26. The number of aromatic nitrogens is 1. The highest BCUT2D eigenvalue weighted by Gasteiger charge is 2.35. The highest BCUT2D eigenvalue weighted by atomic mass is 32.2. The normalized spacial score (nSPS) is 15.9. The van der Waals surface area contributed by atoms with Crippen LogP contribution in [0.3, 0.4) is 0 Å². The number of anilines is 1. The van der Waals surface area contributed by atoms with Gasteiger partial charge >= 0.3 is 0 Å². The first-order valence-electron chi connectivity index (χ1n) is 7.04. The number of rotatable bonds is 4. The van der Waals surface area contributed by atoms with Crippen molar-refractivity contribution in [1.82, 2.24) is 4.98 Å². The van der Waals surface area contributed by atoms with E-state index in [-0.39, 0.29) is 5.91 Å². The van der Waals surface area contributed by atoms with E-state index in [4.69, 9.17) is 21.7 Å². The van der Waals surface area contributed by atoms with Gasteiger partial charge in [-0.05, 0) is 29.8 Å². The monoisotopic (exact) mass is 358 g/mol. The van der Waals surface area contributed by atoms with Gasteiger partial charge in [0.05, 0.1) is 24.8 Å². The van der Waals surface area contributed by atoms with E-state index < -0.39 is 0 Å². The van der Waals surface area contributed by atoms with Crippen LogP contribution in [0, 0.1) is 0 Å². The molecule has 1 aromatic heterocycles. The minimum absolute atomic E-state index is 0.183. The van der Waals surface area contributed by atoms with Crippen LogP contribution < -0.4 is 14.4 Å². The molecule has 1 fully saturated rings. The second kappa shape index (κ2) is 7.02. The summed E-state index contributed by atoms with van der Waals surface area (Å²) < 4.78 is 11.0. The highest BCUT2D eigenvalue weighted by molar-refractivity contribution is 8.27. The molecule has 2 heterocycles. The molecule has 3 rings (SSSR count). The molecule has 1 amide bonds. The minimum atomic E-state index is -0.183. The quantitative estimate of drug-likeness (QED) is 0.616. The molecule has 0 radical (unpaired) electrons. The third kappa shape index (κ3) is 3.13. The van der Waals surface area contributed by atoms with Crippen molar-refractivity contribution in [2.24, 2.45) is 0 Å².